The molecule has 2 saturated carbocycles. The summed E-state index contributed by atoms with van der Waals surface area (Å²) in [6, 6.07) is -0.524. The van der Waals surface area contributed by atoms with Crippen molar-refractivity contribution in [2.24, 2.45) is 22.5 Å². The quantitative estimate of drug-likeness (QED) is 0.566. The van der Waals surface area contributed by atoms with Gasteiger partial charge in [-0.2, -0.15) is 0 Å². The summed E-state index contributed by atoms with van der Waals surface area (Å²) in [4.78, 5) is 35.8. The second-order valence-electron chi connectivity index (χ2n) is 6.24. The van der Waals surface area contributed by atoms with Crippen molar-refractivity contribution in [1.29, 1.82) is 0 Å². The van der Waals surface area contributed by atoms with Crippen molar-refractivity contribution in [3.8, 4) is 0 Å². The number of hydrogen-bond acceptors (Lipinski definition) is 3. The van der Waals surface area contributed by atoms with Crippen molar-refractivity contribution >= 4 is 17.8 Å². The van der Waals surface area contributed by atoms with Gasteiger partial charge < -0.3 is 11.1 Å². The minimum Gasteiger partial charge on any atom is -0.369 e. The Morgan fingerprint density at radius 1 is 1.39 bits per heavy atom. The van der Waals surface area contributed by atoms with E-state index in [1.54, 1.807) is 0 Å². The van der Waals surface area contributed by atoms with Crippen LogP contribution < -0.4 is 16.4 Å². The molecule has 1 aliphatic heterocycles. The van der Waals surface area contributed by atoms with Crippen molar-refractivity contribution in [2.75, 3.05) is 0 Å². The summed E-state index contributed by atoms with van der Waals surface area (Å²) in [6.07, 6.45) is 1.94. The van der Waals surface area contributed by atoms with E-state index < -0.39 is 28.8 Å². The summed E-state index contributed by atoms with van der Waals surface area (Å²) < 4.78 is 0. The van der Waals surface area contributed by atoms with E-state index in [0.29, 0.717) is 12.8 Å². The number of rotatable bonds is 1. The zero-order chi connectivity index (χ0) is 13.3. The van der Waals surface area contributed by atoms with Crippen molar-refractivity contribution in [3.05, 3.63) is 0 Å². The van der Waals surface area contributed by atoms with E-state index in [1.165, 1.54) is 0 Å². The molecule has 0 aromatic heterocycles. The highest BCUT2D eigenvalue weighted by atomic mass is 16.2. The van der Waals surface area contributed by atoms with Gasteiger partial charge in [-0.3, -0.25) is 14.9 Å². The number of nitrogens with one attached hydrogen (secondary N) is 2. The van der Waals surface area contributed by atoms with Gasteiger partial charge in [-0.05, 0) is 30.6 Å². The fourth-order valence-corrected chi connectivity index (χ4v) is 4.67. The maximum absolute atomic E-state index is 12.2. The predicted molar refractivity (Wildman–Crippen MR) is 62.2 cm³/mol. The lowest BCUT2D eigenvalue weighted by molar-refractivity contribution is -0.144. The van der Waals surface area contributed by atoms with Gasteiger partial charge in [0.15, 0.2) is 0 Å². The molecule has 4 amide bonds. The molecule has 98 valence electrons. The minimum absolute atomic E-state index is 0.231. The summed E-state index contributed by atoms with van der Waals surface area (Å²) in [5.74, 6) is -0.652. The first-order valence-electron chi connectivity index (χ1n) is 6.21. The Morgan fingerprint density at radius 2 is 2.06 bits per heavy atom. The van der Waals surface area contributed by atoms with E-state index in [9.17, 15) is 14.4 Å². The topological polar surface area (TPSA) is 101 Å². The molecule has 3 fully saturated rings. The number of imide groups is 1. The van der Waals surface area contributed by atoms with Gasteiger partial charge in [-0.1, -0.05) is 13.8 Å². The summed E-state index contributed by atoms with van der Waals surface area (Å²) in [6.45, 7) is 3.95. The SMILES string of the molecule is CC1(C)C2CCC1(C(N)=O)C1(C2)NC(=O)NC1=O. The Balaban J connectivity index is 2.22. The average Bonchev–Trinajstić information content (AvgIpc) is 2.73. The van der Waals surface area contributed by atoms with Crippen LogP contribution in [0.15, 0.2) is 0 Å². The number of primary amides is 1. The van der Waals surface area contributed by atoms with Gasteiger partial charge in [0.2, 0.25) is 5.91 Å². The van der Waals surface area contributed by atoms with Crippen LogP contribution in [-0.4, -0.2) is 23.4 Å². The van der Waals surface area contributed by atoms with Crippen LogP contribution in [0.25, 0.3) is 0 Å². The summed E-state index contributed by atoms with van der Waals surface area (Å²) in [5, 5.41) is 4.94. The van der Waals surface area contributed by atoms with Crippen LogP contribution in [0.5, 0.6) is 0 Å². The van der Waals surface area contributed by atoms with Crippen LogP contribution in [0.2, 0.25) is 0 Å². The van der Waals surface area contributed by atoms with Crippen molar-refractivity contribution in [3.63, 3.8) is 0 Å². The molecule has 1 saturated heterocycles. The third-order valence-corrected chi connectivity index (χ3v) is 5.63. The first-order valence-corrected chi connectivity index (χ1v) is 6.21. The monoisotopic (exact) mass is 251 g/mol. The molecule has 0 aromatic rings. The van der Waals surface area contributed by atoms with Crippen molar-refractivity contribution < 1.29 is 14.4 Å². The number of amides is 4. The standard InChI is InChI=1S/C12H17N3O3/c1-10(2)6-3-4-11(10,7(13)16)12(5-6)8(17)14-9(18)15-12/h6H,3-5H2,1-2H3,(H2,13,16)(H2,14,15,17,18). The van der Waals surface area contributed by atoms with E-state index in [1.807, 2.05) is 13.8 Å². The van der Waals surface area contributed by atoms with E-state index in [-0.39, 0.29) is 11.3 Å². The van der Waals surface area contributed by atoms with Gasteiger partial charge in [-0.25, -0.2) is 4.79 Å². The van der Waals surface area contributed by atoms with Gasteiger partial charge in [0.25, 0.3) is 5.91 Å². The Hall–Kier alpha value is -1.59. The van der Waals surface area contributed by atoms with Crippen molar-refractivity contribution in [1.82, 2.24) is 10.6 Å². The van der Waals surface area contributed by atoms with Gasteiger partial charge >= 0.3 is 6.03 Å². The smallest absolute Gasteiger partial charge is 0.322 e. The van der Waals surface area contributed by atoms with Crippen LogP contribution in [-0.2, 0) is 9.59 Å². The molecular formula is C12H17N3O3. The molecule has 0 aromatic carbocycles. The molecule has 2 bridgehead atoms. The third kappa shape index (κ3) is 0.875. The van der Waals surface area contributed by atoms with Crippen LogP contribution >= 0.6 is 0 Å². The molecule has 3 aliphatic rings. The third-order valence-electron chi connectivity index (χ3n) is 5.63. The number of nitrogens with two attached hydrogens (primary N) is 1. The van der Waals surface area contributed by atoms with Crippen LogP contribution in [0.1, 0.15) is 33.1 Å². The Bertz CT molecular complexity index is 487. The highest BCUT2D eigenvalue weighted by Crippen LogP contribution is 2.70. The zero-order valence-electron chi connectivity index (χ0n) is 10.5. The number of carbonyl (C=O) groups excluding carboxylic acids is 3. The fourth-order valence-electron chi connectivity index (χ4n) is 4.67. The maximum Gasteiger partial charge on any atom is 0.322 e. The summed E-state index contributed by atoms with van der Waals surface area (Å²) >= 11 is 0. The highest BCUT2D eigenvalue weighted by molar-refractivity contribution is 6.11. The lowest BCUT2D eigenvalue weighted by atomic mass is 9.61. The molecule has 18 heavy (non-hydrogen) atoms. The molecular weight excluding hydrogens is 234 g/mol. The number of hydrogen-bond donors (Lipinski definition) is 3. The van der Waals surface area contributed by atoms with Gasteiger partial charge in [-0.15, -0.1) is 0 Å². The zero-order valence-corrected chi connectivity index (χ0v) is 10.5. The second-order valence-corrected chi connectivity index (χ2v) is 6.24. The lowest BCUT2D eigenvalue weighted by Crippen LogP contribution is -2.65. The minimum atomic E-state index is -1.14. The maximum atomic E-state index is 12.2. The van der Waals surface area contributed by atoms with E-state index in [0.717, 1.165) is 6.42 Å². The van der Waals surface area contributed by atoms with E-state index >= 15 is 0 Å². The molecule has 3 unspecified atom stereocenters. The molecule has 6 nitrogen and oxygen atoms in total. The molecule has 4 N–H and O–H groups in total. The Labute approximate surface area is 105 Å². The first kappa shape index (κ1) is 11.5. The summed E-state index contributed by atoms with van der Waals surface area (Å²) in [7, 11) is 0. The molecule has 6 heteroatoms. The van der Waals surface area contributed by atoms with Gasteiger partial charge in [0.1, 0.15) is 5.54 Å². The summed E-state index contributed by atoms with van der Waals surface area (Å²) in [5.41, 5.74) is 3.16. The van der Waals surface area contributed by atoms with E-state index in [4.69, 9.17) is 5.73 Å². The Morgan fingerprint density at radius 3 is 2.50 bits per heavy atom. The first-order chi connectivity index (χ1) is 8.28. The predicted octanol–water partition coefficient (Wildman–Crippen LogP) is -0.124. The second kappa shape index (κ2) is 2.87. The van der Waals surface area contributed by atoms with E-state index in [2.05, 4.69) is 10.6 Å². The van der Waals surface area contributed by atoms with Crippen LogP contribution in [0.4, 0.5) is 4.79 Å². The Kier molecular flexibility index (Phi) is 1.83. The molecule has 3 atom stereocenters. The molecule has 0 radical (unpaired) electrons. The molecule has 2 aliphatic carbocycles. The van der Waals surface area contributed by atoms with Gasteiger partial charge in [0, 0.05) is 0 Å². The van der Waals surface area contributed by atoms with Gasteiger partial charge in [0.05, 0.1) is 5.41 Å². The highest BCUT2D eigenvalue weighted by Gasteiger charge is 2.78. The normalized spacial score (nSPS) is 44.2. The average molecular weight is 251 g/mol. The lowest BCUT2D eigenvalue weighted by Gasteiger charge is -2.44. The van der Waals surface area contributed by atoms with Crippen LogP contribution in [0, 0.1) is 16.7 Å². The number of fused-ring (bicyclic) bond motifs is 3. The number of urea groups is 1. The number of carbonyl (C=O) groups is 3. The molecule has 3 rings (SSSR count). The fraction of sp³-hybridized carbons (Fsp3) is 0.750. The molecule has 1 heterocycles. The van der Waals surface area contributed by atoms with Crippen molar-refractivity contribution in [2.45, 2.75) is 38.6 Å². The van der Waals surface area contributed by atoms with Crippen LogP contribution in [0.3, 0.4) is 0 Å². The largest absolute Gasteiger partial charge is 0.369 e. The molecule has 1 spiro atoms.